The van der Waals surface area contributed by atoms with E-state index >= 15 is 0 Å². The minimum Gasteiger partial charge on any atom is -0.507 e. The molecular formula is C19H14ClN3O2. The number of benzene rings is 2. The van der Waals surface area contributed by atoms with Gasteiger partial charge in [-0.15, -0.1) is 0 Å². The number of hydrogen-bond acceptors (Lipinski definition) is 4. The zero-order valence-corrected chi connectivity index (χ0v) is 13.8. The summed E-state index contributed by atoms with van der Waals surface area (Å²) in [6, 6.07) is 19.1. The first-order valence-corrected chi connectivity index (χ1v) is 7.86. The molecule has 0 atom stereocenters. The third-order valence-electron chi connectivity index (χ3n) is 3.43. The standard InChI is InChI=1S/C19H14ClN3O2/c20-14-9-10-17(24)15(12-14)19(25)23-22-18(13-6-2-1-3-7-13)16-8-4-5-11-21-16/h1-12,24H,(H,23,25). The molecule has 1 aromatic heterocycles. The van der Waals surface area contributed by atoms with Crippen molar-refractivity contribution in [2.75, 3.05) is 0 Å². The number of carbonyl (C=O) groups excluding carboxylic acids is 1. The van der Waals surface area contributed by atoms with Gasteiger partial charge in [-0.05, 0) is 30.3 Å². The van der Waals surface area contributed by atoms with E-state index in [1.54, 1.807) is 18.3 Å². The quantitative estimate of drug-likeness (QED) is 0.557. The van der Waals surface area contributed by atoms with Crippen molar-refractivity contribution < 1.29 is 9.90 Å². The second-order valence-electron chi connectivity index (χ2n) is 5.14. The van der Waals surface area contributed by atoms with Gasteiger partial charge in [0, 0.05) is 16.8 Å². The van der Waals surface area contributed by atoms with E-state index in [0.29, 0.717) is 16.4 Å². The van der Waals surface area contributed by atoms with Gasteiger partial charge in [-0.25, -0.2) is 5.43 Å². The fraction of sp³-hybridized carbons (Fsp3) is 0. The molecule has 0 unspecified atom stereocenters. The normalized spacial score (nSPS) is 11.2. The number of aromatic nitrogens is 1. The summed E-state index contributed by atoms with van der Waals surface area (Å²) in [6.07, 6.45) is 1.65. The summed E-state index contributed by atoms with van der Waals surface area (Å²) in [5, 5.41) is 14.4. The fourth-order valence-electron chi connectivity index (χ4n) is 2.23. The lowest BCUT2D eigenvalue weighted by atomic mass is 10.1. The minimum atomic E-state index is -0.565. The molecule has 2 N–H and O–H groups in total. The Balaban J connectivity index is 1.94. The van der Waals surface area contributed by atoms with E-state index in [9.17, 15) is 9.90 Å². The highest BCUT2D eigenvalue weighted by Crippen LogP contribution is 2.21. The van der Waals surface area contributed by atoms with Crippen LogP contribution in [0.2, 0.25) is 5.02 Å². The van der Waals surface area contributed by atoms with Crippen LogP contribution < -0.4 is 5.43 Å². The molecule has 0 saturated heterocycles. The van der Waals surface area contributed by atoms with Crippen LogP contribution in [0.15, 0.2) is 78.0 Å². The van der Waals surface area contributed by atoms with Crippen molar-refractivity contribution in [1.29, 1.82) is 0 Å². The van der Waals surface area contributed by atoms with Crippen molar-refractivity contribution in [3.63, 3.8) is 0 Å². The van der Waals surface area contributed by atoms with E-state index in [2.05, 4.69) is 15.5 Å². The number of phenols is 1. The third-order valence-corrected chi connectivity index (χ3v) is 3.66. The number of phenolic OH excluding ortho intramolecular Hbond substituents is 1. The van der Waals surface area contributed by atoms with Crippen molar-refractivity contribution in [2.24, 2.45) is 5.10 Å². The van der Waals surface area contributed by atoms with E-state index in [1.807, 2.05) is 36.4 Å². The maximum atomic E-state index is 12.3. The van der Waals surface area contributed by atoms with Crippen LogP contribution in [0, 0.1) is 0 Å². The Labute approximate surface area is 149 Å². The molecule has 0 aliphatic heterocycles. The van der Waals surface area contributed by atoms with Crippen molar-refractivity contribution in [2.45, 2.75) is 0 Å². The Morgan fingerprint density at radius 3 is 2.52 bits per heavy atom. The molecule has 0 aliphatic rings. The lowest BCUT2D eigenvalue weighted by Crippen LogP contribution is -2.21. The van der Waals surface area contributed by atoms with Gasteiger partial charge in [-0.2, -0.15) is 5.10 Å². The summed E-state index contributed by atoms with van der Waals surface area (Å²) in [6.45, 7) is 0. The van der Waals surface area contributed by atoms with Crippen molar-refractivity contribution in [3.8, 4) is 5.75 Å². The van der Waals surface area contributed by atoms with E-state index in [1.165, 1.54) is 18.2 Å². The van der Waals surface area contributed by atoms with E-state index in [4.69, 9.17) is 11.6 Å². The van der Waals surface area contributed by atoms with Gasteiger partial charge in [-0.1, -0.05) is 48.0 Å². The minimum absolute atomic E-state index is 0.0460. The van der Waals surface area contributed by atoms with Crippen LogP contribution in [-0.4, -0.2) is 21.7 Å². The molecule has 1 amide bonds. The Morgan fingerprint density at radius 2 is 1.80 bits per heavy atom. The zero-order chi connectivity index (χ0) is 17.6. The molecule has 2 aromatic carbocycles. The van der Waals surface area contributed by atoms with E-state index < -0.39 is 5.91 Å². The maximum Gasteiger partial charge on any atom is 0.275 e. The second kappa shape index (κ2) is 7.59. The molecule has 0 radical (unpaired) electrons. The Bertz CT molecular complexity index is 871. The van der Waals surface area contributed by atoms with Crippen LogP contribution in [0.1, 0.15) is 21.6 Å². The average Bonchev–Trinajstić information content (AvgIpc) is 2.65. The number of hydrazone groups is 1. The average molecular weight is 352 g/mol. The zero-order valence-electron chi connectivity index (χ0n) is 13.1. The highest BCUT2D eigenvalue weighted by molar-refractivity contribution is 6.31. The lowest BCUT2D eigenvalue weighted by molar-refractivity contribution is 0.0952. The molecule has 25 heavy (non-hydrogen) atoms. The Hall–Kier alpha value is -3.18. The molecule has 0 bridgehead atoms. The van der Waals surface area contributed by atoms with Gasteiger partial charge < -0.3 is 5.11 Å². The fourth-order valence-corrected chi connectivity index (χ4v) is 2.40. The maximum absolute atomic E-state index is 12.3. The van der Waals surface area contributed by atoms with Crippen LogP contribution in [-0.2, 0) is 0 Å². The summed E-state index contributed by atoms with van der Waals surface area (Å²) in [5.41, 5.74) is 4.43. The predicted octanol–water partition coefficient (Wildman–Crippen LogP) is 3.62. The molecule has 3 aromatic rings. The van der Waals surface area contributed by atoms with Crippen LogP contribution in [0.3, 0.4) is 0 Å². The smallest absolute Gasteiger partial charge is 0.275 e. The number of aromatic hydroxyl groups is 1. The monoisotopic (exact) mass is 351 g/mol. The predicted molar refractivity (Wildman–Crippen MR) is 96.9 cm³/mol. The van der Waals surface area contributed by atoms with Gasteiger partial charge >= 0.3 is 0 Å². The van der Waals surface area contributed by atoms with Gasteiger partial charge in [0.25, 0.3) is 5.91 Å². The number of nitrogens with zero attached hydrogens (tertiary/aromatic N) is 2. The van der Waals surface area contributed by atoms with Crippen LogP contribution in [0.25, 0.3) is 0 Å². The largest absolute Gasteiger partial charge is 0.507 e. The van der Waals surface area contributed by atoms with Crippen LogP contribution >= 0.6 is 11.6 Å². The van der Waals surface area contributed by atoms with Crippen LogP contribution in [0.5, 0.6) is 5.75 Å². The molecule has 124 valence electrons. The Morgan fingerprint density at radius 1 is 1.04 bits per heavy atom. The SMILES string of the molecule is O=C(NN=C(c1ccccc1)c1ccccn1)c1cc(Cl)ccc1O. The van der Waals surface area contributed by atoms with E-state index in [0.717, 1.165) is 5.56 Å². The molecule has 6 heteroatoms. The van der Waals surface area contributed by atoms with Gasteiger partial charge in [0.2, 0.25) is 0 Å². The molecule has 0 spiro atoms. The number of carbonyl (C=O) groups is 1. The first kappa shape index (κ1) is 16.7. The van der Waals surface area contributed by atoms with Crippen molar-refractivity contribution >= 4 is 23.2 Å². The van der Waals surface area contributed by atoms with Crippen molar-refractivity contribution in [1.82, 2.24) is 10.4 Å². The number of halogens is 1. The third kappa shape index (κ3) is 4.02. The highest BCUT2D eigenvalue weighted by Gasteiger charge is 2.13. The summed E-state index contributed by atoms with van der Waals surface area (Å²) >= 11 is 5.88. The molecule has 3 rings (SSSR count). The lowest BCUT2D eigenvalue weighted by Gasteiger charge is -2.08. The number of hydrogen-bond donors (Lipinski definition) is 2. The van der Waals surface area contributed by atoms with Gasteiger partial charge in [0.1, 0.15) is 11.5 Å². The van der Waals surface area contributed by atoms with Gasteiger partial charge in [0.05, 0.1) is 11.3 Å². The number of pyridine rings is 1. The summed E-state index contributed by atoms with van der Waals surface area (Å²) < 4.78 is 0. The molecular weight excluding hydrogens is 338 g/mol. The van der Waals surface area contributed by atoms with Crippen molar-refractivity contribution in [3.05, 3.63) is 94.8 Å². The topological polar surface area (TPSA) is 74.6 Å². The molecule has 1 heterocycles. The summed E-state index contributed by atoms with van der Waals surface area (Å²) in [4.78, 5) is 16.6. The first-order chi connectivity index (χ1) is 12.1. The Kier molecular flexibility index (Phi) is 5.06. The number of rotatable bonds is 4. The number of nitrogens with one attached hydrogen (secondary N) is 1. The number of amides is 1. The molecule has 0 saturated carbocycles. The summed E-state index contributed by atoms with van der Waals surface area (Å²) in [7, 11) is 0. The van der Waals surface area contributed by atoms with Gasteiger partial charge in [-0.3, -0.25) is 9.78 Å². The van der Waals surface area contributed by atoms with Gasteiger partial charge in [0.15, 0.2) is 0 Å². The first-order valence-electron chi connectivity index (χ1n) is 7.48. The second-order valence-corrected chi connectivity index (χ2v) is 5.58. The van der Waals surface area contributed by atoms with Crippen LogP contribution in [0.4, 0.5) is 0 Å². The van der Waals surface area contributed by atoms with E-state index in [-0.39, 0.29) is 11.3 Å². The molecule has 0 fully saturated rings. The molecule has 5 nitrogen and oxygen atoms in total. The molecule has 0 aliphatic carbocycles. The summed E-state index contributed by atoms with van der Waals surface area (Å²) in [5.74, 6) is -0.736. The highest BCUT2D eigenvalue weighted by atomic mass is 35.5.